The van der Waals surface area contributed by atoms with Gasteiger partial charge in [0.2, 0.25) is 0 Å². The van der Waals surface area contributed by atoms with Crippen LogP contribution in [0.3, 0.4) is 0 Å². The van der Waals surface area contributed by atoms with Crippen molar-refractivity contribution in [1.29, 1.82) is 5.26 Å². The molecule has 1 unspecified atom stereocenters. The molecule has 0 amide bonds. The van der Waals surface area contributed by atoms with E-state index in [1.54, 1.807) is 0 Å². The number of pyridine rings is 1. The fourth-order valence-electron chi connectivity index (χ4n) is 3.90. The van der Waals surface area contributed by atoms with Crippen LogP contribution in [0.15, 0.2) is 78.0 Å². The Labute approximate surface area is 175 Å². The highest BCUT2D eigenvalue weighted by molar-refractivity contribution is 7.99. The maximum absolute atomic E-state index is 10.3. The largest absolute Gasteiger partial charge is 0.511 e. The van der Waals surface area contributed by atoms with Gasteiger partial charge in [0, 0.05) is 11.3 Å². The highest BCUT2D eigenvalue weighted by atomic mass is 32.2. The summed E-state index contributed by atoms with van der Waals surface area (Å²) in [6.07, 6.45) is 4.09. The average Bonchev–Trinajstić information content (AvgIpc) is 2.77. The van der Waals surface area contributed by atoms with Crippen molar-refractivity contribution in [3.63, 3.8) is 0 Å². The third-order valence-corrected chi connectivity index (χ3v) is 6.55. The van der Waals surface area contributed by atoms with Gasteiger partial charge in [0.25, 0.3) is 0 Å². The molecule has 0 spiro atoms. The van der Waals surface area contributed by atoms with Gasteiger partial charge >= 0.3 is 0 Å². The van der Waals surface area contributed by atoms with Crippen molar-refractivity contribution >= 4 is 11.8 Å². The molecule has 1 aromatic heterocycles. The van der Waals surface area contributed by atoms with E-state index in [1.165, 1.54) is 17.3 Å². The van der Waals surface area contributed by atoms with E-state index in [0.29, 0.717) is 10.6 Å². The number of hydrogen-bond acceptors (Lipinski definition) is 4. The van der Waals surface area contributed by atoms with Gasteiger partial charge in [0.05, 0.1) is 10.8 Å². The molecule has 0 saturated heterocycles. The zero-order valence-corrected chi connectivity index (χ0v) is 17.0. The number of aliphatic hydroxyl groups excluding tert-OH is 1. The van der Waals surface area contributed by atoms with E-state index in [-0.39, 0.29) is 11.0 Å². The van der Waals surface area contributed by atoms with Crippen molar-refractivity contribution in [3.05, 3.63) is 95.4 Å². The average molecular weight is 399 g/mol. The summed E-state index contributed by atoms with van der Waals surface area (Å²) >= 11 is 1.40. The second-order valence-corrected chi connectivity index (χ2v) is 8.27. The van der Waals surface area contributed by atoms with Crippen LogP contribution in [0.1, 0.15) is 40.5 Å². The van der Waals surface area contributed by atoms with E-state index in [4.69, 9.17) is 4.98 Å². The third-order valence-electron chi connectivity index (χ3n) is 5.25. The molecule has 0 aliphatic heterocycles. The van der Waals surface area contributed by atoms with Crippen molar-refractivity contribution < 1.29 is 5.11 Å². The summed E-state index contributed by atoms with van der Waals surface area (Å²) in [5.41, 5.74) is 5.84. The van der Waals surface area contributed by atoms with Crippen LogP contribution in [-0.4, -0.2) is 10.1 Å². The smallest absolute Gasteiger partial charge is 0.116 e. The molecule has 4 rings (SSSR count). The molecule has 1 aliphatic carbocycles. The van der Waals surface area contributed by atoms with Crippen LogP contribution in [0, 0.1) is 11.3 Å². The molecule has 0 radical (unpaired) electrons. The SMILES string of the molecule is C=C(O)C(Sc1nc2c(c(-c3ccccc3)c1C#N)CCCC2)c1ccccc1. The fourth-order valence-corrected chi connectivity index (χ4v) is 4.98. The standard InChI is InChI=1S/C25H22N2OS/c1-17(28)24(19-12-6-3-7-13-19)29-25-21(16-26)23(18-10-4-2-5-11-18)20-14-8-9-15-22(20)27-25/h2-7,10-13,24,28H,1,8-9,14-15H2. The van der Waals surface area contributed by atoms with Crippen LogP contribution in [-0.2, 0) is 12.8 Å². The first kappa shape index (κ1) is 19.3. The van der Waals surface area contributed by atoms with E-state index >= 15 is 0 Å². The topological polar surface area (TPSA) is 56.9 Å². The number of benzene rings is 2. The lowest BCUT2D eigenvalue weighted by atomic mass is 9.87. The Morgan fingerprint density at radius 2 is 1.69 bits per heavy atom. The molecule has 0 fully saturated rings. The number of fused-ring (bicyclic) bond motifs is 1. The summed E-state index contributed by atoms with van der Waals surface area (Å²) in [7, 11) is 0. The number of nitriles is 1. The predicted molar refractivity (Wildman–Crippen MR) is 118 cm³/mol. The number of aromatic nitrogens is 1. The Balaban J connectivity index is 1.88. The summed E-state index contributed by atoms with van der Waals surface area (Å²) in [6.45, 7) is 3.78. The van der Waals surface area contributed by atoms with Gasteiger partial charge in [-0.25, -0.2) is 4.98 Å². The molecule has 3 aromatic rings. The lowest BCUT2D eigenvalue weighted by Crippen LogP contribution is -2.11. The molecule has 144 valence electrons. The molecule has 1 atom stereocenters. The minimum absolute atomic E-state index is 0.0610. The Kier molecular flexibility index (Phi) is 5.69. The van der Waals surface area contributed by atoms with Gasteiger partial charge in [0.1, 0.15) is 16.9 Å². The number of thioether (sulfide) groups is 1. The Bertz CT molecular complexity index is 1070. The second kappa shape index (κ2) is 8.55. The Hall–Kier alpha value is -3.03. The minimum atomic E-state index is -0.374. The molecular weight excluding hydrogens is 376 g/mol. The number of rotatable bonds is 5. The molecule has 29 heavy (non-hydrogen) atoms. The monoisotopic (exact) mass is 398 g/mol. The summed E-state index contributed by atoms with van der Waals surface area (Å²) in [6, 6.07) is 22.2. The lowest BCUT2D eigenvalue weighted by Gasteiger charge is -2.23. The van der Waals surface area contributed by atoms with Gasteiger partial charge in [-0.3, -0.25) is 0 Å². The van der Waals surface area contributed by atoms with Crippen LogP contribution in [0.4, 0.5) is 0 Å². The first-order chi connectivity index (χ1) is 14.2. The summed E-state index contributed by atoms with van der Waals surface area (Å²) in [5, 5.41) is 20.7. The zero-order valence-electron chi connectivity index (χ0n) is 16.1. The zero-order chi connectivity index (χ0) is 20.2. The molecule has 3 nitrogen and oxygen atoms in total. The highest BCUT2D eigenvalue weighted by Gasteiger charge is 2.26. The second-order valence-electron chi connectivity index (χ2n) is 7.18. The van der Waals surface area contributed by atoms with Crippen LogP contribution >= 0.6 is 11.8 Å². The van der Waals surface area contributed by atoms with Crippen LogP contribution in [0.25, 0.3) is 11.1 Å². The quantitative estimate of drug-likeness (QED) is 0.399. The maximum Gasteiger partial charge on any atom is 0.116 e. The van der Waals surface area contributed by atoms with E-state index in [9.17, 15) is 10.4 Å². The van der Waals surface area contributed by atoms with E-state index in [0.717, 1.165) is 48.1 Å². The van der Waals surface area contributed by atoms with Crippen molar-refractivity contribution in [2.45, 2.75) is 36.0 Å². The Morgan fingerprint density at radius 1 is 1.03 bits per heavy atom. The van der Waals surface area contributed by atoms with Gasteiger partial charge in [-0.1, -0.05) is 79.0 Å². The molecule has 4 heteroatoms. The molecule has 1 aliphatic rings. The van der Waals surface area contributed by atoms with Crippen molar-refractivity contribution in [2.75, 3.05) is 0 Å². The number of hydrogen-bond donors (Lipinski definition) is 1. The van der Waals surface area contributed by atoms with Crippen molar-refractivity contribution in [3.8, 4) is 17.2 Å². The van der Waals surface area contributed by atoms with Gasteiger partial charge in [-0.05, 0) is 42.4 Å². The van der Waals surface area contributed by atoms with Crippen molar-refractivity contribution in [1.82, 2.24) is 4.98 Å². The number of aryl methyl sites for hydroxylation is 1. The summed E-state index contributed by atoms with van der Waals surface area (Å²) < 4.78 is 0. The predicted octanol–water partition coefficient (Wildman–Crippen LogP) is 6.40. The highest BCUT2D eigenvalue weighted by Crippen LogP contribution is 2.44. The summed E-state index contributed by atoms with van der Waals surface area (Å²) in [4.78, 5) is 4.91. The number of nitrogens with zero attached hydrogens (tertiary/aromatic N) is 2. The molecule has 0 saturated carbocycles. The van der Waals surface area contributed by atoms with Gasteiger partial charge in [0.15, 0.2) is 0 Å². The molecule has 1 N–H and O–H groups in total. The van der Waals surface area contributed by atoms with Crippen molar-refractivity contribution in [2.24, 2.45) is 0 Å². The number of aliphatic hydroxyl groups is 1. The third kappa shape index (κ3) is 3.92. The first-order valence-corrected chi connectivity index (χ1v) is 10.7. The van der Waals surface area contributed by atoms with Gasteiger partial charge < -0.3 is 5.11 Å². The summed E-state index contributed by atoms with van der Waals surface area (Å²) in [5.74, 6) is 0.0610. The van der Waals surface area contributed by atoms with Crippen LogP contribution < -0.4 is 0 Å². The Morgan fingerprint density at radius 3 is 2.34 bits per heavy atom. The molecule has 0 bridgehead atoms. The molecular formula is C25H22N2OS. The first-order valence-electron chi connectivity index (χ1n) is 9.79. The van der Waals surface area contributed by atoms with Gasteiger partial charge in [-0.2, -0.15) is 5.26 Å². The van der Waals surface area contributed by atoms with Crippen LogP contribution in [0.2, 0.25) is 0 Å². The van der Waals surface area contributed by atoms with E-state index in [2.05, 4.69) is 24.8 Å². The fraction of sp³-hybridized carbons (Fsp3) is 0.200. The normalized spacial score (nSPS) is 13.9. The lowest BCUT2D eigenvalue weighted by molar-refractivity contribution is 0.398. The van der Waals surface area contributed by atoms with Gasteiger partial charge in [-0.15, -0.1) is 0 Å². The van der Waals surface area contributed by atoms with E-state index < -0.39 is 0 Å². The maximum atomic E-state index is 10.3. The molecule has 1 heterocycles. The minimum Gasteiger partial charge on any atom is -0.511 e. The van der Waals surface area contributed by atoms with Crippen LogP contribution in [0.5, 0.6) is 0 Å². The molecule has 2 aromatic carbocycles. The van der Waals surface area contributed by atoms with E-state index in [1.807, 2.05) is 48.5 Å².